The van der Waals surface area contributed by atoms with E-state index >= 15 is 0 Å². The van der Waals surface area contributed by atoms with Crippen LogP contribution in [0.1, 0.15) is 30.3 Å². The molecular formula is C8H10FKN2O2. The fraction of sp³-hybridized carbons (Fsp3) is 0.500. The predicted octanol–water partition coefficient (Wildman–Crippen LogP) is -1.81. The monoisotopic (exact) mass is 224 g/mol. The van der Waals surface area contributed by atoms with Crippen molar-refractivity contribution in [3.05, 3.63) is 17.5 Å². The third-order valence-electron chi connectivity index (χ3n) is 2.17. The van der Waals surface area contributed by atoms with E-state index in [1.807, 2.05) is 0 Å². The molecule has 4 nitrogen and oxygen atoms in total. The smallest absolute Gasteiger partial charge is 1.00 e. The number of hydrogen-bond donors (Lipinski definition) is 1. The molecule has 0 bridgehead atoms. The van der Waals surface area contributed by atoms with Crippen LogP contribution in [0.4, 0.5) is 4.39 Å². The van der Waals surface area contributed by atoms with Gasteiger partial charge in [0, 0.05) is 13.2 Å². The Kier molecular flexibility index (Phi) is 3.53. The molecule has 14 heavy (non-hydrogen) atoms. The van der Waals surface area contributed by atoms with Crippen LogP contribution in [0.2, 0.25) is 0 Å². The molecule has 0 atom stereocenters. The standard InChI is InChI=1S/C8H9FN2O2.K.H/c1-11-4-5(7(12)13)6(10-11)8(9)2-3-8;;/h4H,2-3H2,1H3,(H,12,13);;/q;+1;-1. The first-order valence-corrected chi connectivity index (χ1v) is 3.99. The van der Waals surface area contributed by atoms with Crippen LogP contribution in [0.5, 0.6) is 0 Å². The Hall–Kier alpha value is 0.246. The quantitative estimate of drug-likeness (QED) is 0.603. The van der Waals surface area contributed by atoms with E-state index in [4.69, 9.17) is 5.11 Å². The maximum Gasteiger partial charge on any atom is 1.00 e. The molecule has 0 aliphatic heterocycles. The summed E-state index contributed by atoms with van der Waals surface area (Å²) in [6.07, 6.45) is 2.09. The molecule has 1 saturated carbocycles. The van der Waals surface area contributed by atoms with Gasteiger partial charge in [0.25, 0.3) is 0 Å². The largest absolute Gasteiger partial charge is 1.00 e. The summed E-state index contributed by atoms with van der Waals surface area (Å²) in [5, 5.41) is 12.6. The molecular weight excluding hydrogens is 214 g/mol. The number of rotatable bonds is 2. The molecule has 0 amide bonds. The van der Waals surface area contributed by atoms with Crippen molar-refractivity contribution in [2.75, 3.05) is 0 Å². The van der Waals surface area contributed by atoms with E-state index in [9.17, 15) is 9.18 Å². The summed E-state index contributed by atoms with van der Waals surface area (Å²) >= 11 is 0. The number of carboxylic acids is 1. The van der Waals surface area contributed by atoms with Crippen molar-refractivity contribution in [2.24, 2.45) is 7.05 Å². The zero-order chi connectivity index (χ0) is 9.64. The van der Waals surface area contributed by atoms with Gasteiger partial charge in [-0.25, -0.2) is 9.18 Å². The molecule has 0 aromatic carbocycles. The number of aryl methyl sites for hydroxylation is 1. The Bertz CT molecular complexity index is 379. The van der Waals surface area contributed by atoms with Crippen molar-refractivity contribution in [1.29, 1.82) is 0 Å². The van der Waals surface area contributed by atoms with Crippen molar-refractivity contribution < 1.29 is 67.1 Å². The van der Waals surface area contributed by atoms with Crippen LogP contribution in [0.25, 0.3) is 0 Å². The molecule has 1 aliphatic rings. The average molecular weight is 224 g/mol. The molecule has 1 N–H and O–H groups in total. The van der Waals surface area contributed by atoms with Crippen LogP contribution in [0.3, 0.4) is 0 Å². The molecule has 1 aliphatic carbocycles. The normalized spacial score (nSPS) is 17.3. The predicted molar refractivity (Wildman–Crippen MR) is 43.3 cm³/mol. The third kappa shape index (κ3) is 2.09. The van der Waals surface area contributed by atoms with Gasteiger partial charge in [-0.15, -0.1) is 0 Å². The summed E-state index contributed by atoms with van der Waals surface area (Å²) in [6, 6.07) is 0. The minimum absolute atomic E-state index is 0. The number of alkyl halides is 1. The second kappa shape index (κ2) is 4.01. The molecule has 0 radical (unpaired) electrons. The molecule has 1 aromatic rings. The maximum absolute atomic E-state index is 13.5. The summed E-state index contributed by atoms with van der Waals surface area (Å²) in [4.78, 5) is 10.7. The zero-order valence-electron chi connectivity index (χ0n) is 9.12. The number of halogens is 1. The van der Waals surface area contributed by atoms with Gasteiger partial charge in [-0.2, -0.15) is 5.10 Å². The number of carbonyl (C=O) groups is 1. The Morgan fingerprint density at radius 1 is 1.79 bits per heavy atom. The van der Waals surface area contributed by atoms with Gasteiger partial charge in [0.2, 0.25) is 0 Å². The molecule has 0 saturated heterocycles. The molecule has 1 fully saturated rings. The first-order chi connectivity index (χ1) is 6.03. The van der Waals surface area contributed by atoms with Crippen LogP contribution < -0.4 is 51.4 Å². The summed E-state index contributed by atoms with van der Waals surface area (Å²) < 4.78 is 14.9. The van der Waals surface area contributed by atoms with Crippen LogP contribution in [-0.2, 0) is 12.7 Å². The van der Waals surface area contributed by atoms with E-state index in [1.165, 1.54) is 10.9 Å². The van der Waals surface area contributed by atoms with Crippen LogP contribution in [-0.4, -0.2) is 20.9 Å². The number of carboxylic acid groups (broad SMARTS) is 1. The molecule has 6 heteroatoms. The van der Waals surface area contributed by atoms with Gasteiger partial charge in [-0.3, -0.25) is 4.68 Å². The molecule has 1 heterocycles. The van der Waals surface area contributed by atoms with Crippen LogP contribution in [0, 0.1) is 0 Å². The second-order valence-corrected chi connectivity index (χ2v) is 3.34. The minimum Gasteiger partial charge on any atom is -1.00 e. The Labute approximate surface area is 124 Å². The molecule has 0 spiro atoms. The fourth-order valence-electron chi connectivity index (χ4n) is 1.32. The van der Waals surface area contributed by atoms with E-state index in [1.54, 1.807) is 7.05 Å². The zero-order valence-corrected chi connectivity index (χ0v) is 11.2. The molecule has 72 valence electrons. The third-order valence-corrected chi connectivity index (χ3v) is 2.17. The van der Waals surface area contributed by atoms with E-state index in [0.717, 1.165) is 0 Å². The Morgan fingerprint density at radius 3 is 2.79 bits per heavy atom. The van der Waals surface area contributed by atoms with Crippen molar-refractivity contribution in [3.8, 4) is 0 Å². The van der Waals surface area contributed by atoms with Crippen LogP contribution >= 0.6 is 0 Å². The van der Waals surface area contributed by atoms with Gasteiger partial charge in [-0.1, -0.05) is 0 Å². The van der Waals surface area contributed by atoms with E-state index < -0.39 is 11.6 Å². The minimum atomic E-state index is -1.48. The van der Waals surface area contributed by atoms with E-state index in [0.29, 0.717) is 12.8 Å². The van der Waals surface area contributed by atoms with Crippen molar-refractivity contribution in [2.45, 2.75) is 18.5 Å². The van der Waals surface area contributed by atoms with Crippen molar-refractivity contribution >= 4 is 5.97 Å². The topological polar surface area (TPSA) is 55.1 Å². The van der Waals surface area contributed by atoms with E-state index in [-0.39, 0.29) is 64.1 Å². The Morgan fingerprint density at radius 2 is 2.36 bits per heavy atom. The summed E-state index contributed by atoms with van der Waals surface area (Å²) in [5.41, 5.74) is -1.43. The molecule has 1 aromatic heterocycles. The first-order valence-electron chi connectivity index (χ1n) is 3.99. The van der Waals surface area contributed by atoms with Gasteiger partial charge in [0.1, 0.15) is 11.3 Å². The van der Waals surface area contributed by atoms with Gasteiger partial charge in [0.15, 0.2) is 5.67 Å². The van der Waals surface area contributed by atoms with Gasteiger partial charge in [-0.05, 0) is 12.8 Å². The van der Waals surface area contributed by atoms with E-state index in [2.05, 4.69) is 5.10 Å². The summed E-state index contributed by atoms with van der Waals surface area (Å²) in [6.45, 7) is 0. The molecule has 2 rings (SSSR count). The van der Waals surface area contributed by atoms with Crippen LogP contribution in [0.15, 0.2) is 6.20 Å². The number of nitrogens with zero attached hydrogens (tertiary/aromatic N) is 2. The van der Waals surface area contributed by atoms with Gasteiger partial charge in [0.05, 0.1) is 0 Å². The van der Waals surface area contributed by atoms with Gasteiger partial charge < -0.3 is 6.53 Å². The summed E-state index contributed by atoms with van der Waals surface area (Å²) in [5.74, 6) is -1.12. The SMILES string of the molecule is Cn1cc(C(=O)O)c(C2(F)CC2)n1.[H-].[K+]. The fourth-order valence-corrected chi connectivity index (χ4v) is 1.32. The number of aromatic carboxylic acids is 1. The first kappa shape index (κ1) is 12.3. The maximum atomic E-state index is 13.5. The number of hydrogen-bond acceptors (Lipinski definition) is 2. The summed E-state index contributed by atoms with van der Waals surface area (Å²) in [7, 11) is 1.58. The average Bonchev–Trinajstić information content (AvgIpc) is 2.62. The van der Waals surface area contributed by atoms with Gasteiger partial charge >= 0.3 is 57.4 Å². The van der Waals surface area contributed by atoms with Crippen molar-refractivity contribution in [1.82, 2.24) is 9.78 Å². The Balaban J connectivity index is 0.000000980. The van der Waals surface area contributed by atoms with Crippen molar-refractivity contribution in [3.63, 3.8) is 0 Å². The second-order valence-electron chi connectivity index (χ2n) is 3.34. The molecule has 0 unspecified atom stereocenters. The number of aromatic nitrogens is 2.